The summed E-state index contributed by atoms with van der Waals surface area (Å²) in [6, 6.07) is 0. The van der Waals surface area contributed by atoms with E-state index in [-0.39, 0.29) is 12.0 Å². The van der Waals surface area contributed by atoms with E-state index < -0.39 is 0 Å². The molecule has 1 N–H and O–H groups in total. The molecule has 0 heterocycles. The van der Waals surface area contributed by atoms with Gasteiger partial charge in [0.25, 0.3) is 0 Å². The molecule has 1 saturated carbocycles. The number of hydrogen-bond acceptors (Lipinski definition) is 2. The highest BCUT2D eigenvalue weighted by Crippen LogP contribution is 2.25. The van der Waals surface area contributed by atoms with E-state index in [9.17, 15) is 4.79 Å². The molecule has 0 saturated heterocycles. The first-order valence-electron chi connectivity index (χ1n) is 7.07. The second-order valence-corrected chi connectivity index (χ2v) is 5.33. The van der Waals surface area contributed by atoms with Gasteiger partial charge in [0.2, 0.25) is 5.91 Å². The summed E-state index contributed by atoms with van der Waals surface area (Å²) in [6.45, 7) is 5.54. The molecule has 1 amide bonds. The number of nitrogens with one attached hydrogen (secondary N) is 1. The fourth-order valence-corrected chi connectivity index (χ4v) is 2.34. The minimum absolute atomic E-state index is 0.224. The van der Waals surface area contributed by atoms with Crippen LogP contribution in [0.15, 0.2) is 0 Å². The Balaban J connectivity index is 1.97. The van der Waals surface area contributed by atoms with Gasteiger partial charge >= 0.3 is 0 Å². The molecule has 1 rings (SSSR count). The second-order valence-electron chi connectivity index (χ2n) is 5.33. The van der Waals surface area contributed by atoms with Crippen molar-refractivity contribution in [1.29, 1.82) is 0 Å². The van der Waals surface area contributed by atoms with Crippen LogP contribution in [0.5, 0.6) is 0 Å². The van der Waals surface area contributed by atoms with E-state index in [0.29, 0.717) is 5.92 Å². The molecule has 1 aliphatic rings. The largest absolute Gasteiger partial charge is 0.379 e. The maximum absolute atomic E-state index is 11.7. The number of carbonyl (C=O) groups is 1. The molecule has 0 atom stereocenters. The van der Waals surface area contributed by atoms with Crippen molar-refractivity contribution < 1.29 is 9.53 Å². The Labute approximate surface area is 105 Å². The fourth-order valence-electron chi connectivity index (χ4n) is 2.34. The Hall–Kier alpha value is -0.570. The van der Waals surface area contributed by atoms with Gasteiger partial charge in [-0.25, -0.2) is 0 Å². The third-order valence-electron chi connectivity index (χ3n) is 3.29. The first-order valence-corrected chi connectivity index (χ1v) is 7.07. The zero-order valence-electron chi connectivity index (χ0n) is 11.3. The molecular formula is C14H27NO2. The highest BCUT2D eigenvalue weighted by atomic mass is 16.5. The second kappa shape index (κ2) is 8.51. The highest BCUT2D eigenvalue weighted by Gasteiger charge is 2.16. The lowest BCUT2D eigenvalue weighted by Gasteiger charge is -2.20. The monoisotopic (exact) mass is 241 g/mol. The third kappa shape index (κ3) is 7.37. The summed E-state index contributed by atoms with van der Waals surface area (Å²) < 4.78 is 5.42. The maximum Gasteiger partial charge on any atom is 0.220 e. The Bertz CT molecular complexity index is 210. The van der Waals surface area contributed by atoms with Gasteiger partial charge in [0.15, 0.2) is 0 Å². The predicted octanol–water partition coefficient (Wildman–Crippen LogP) is 2.89. The number of rotatable bonds is 7. The van der Waals surface area contributed by atoms with Gasteiger partial charge in [-0.15, -0.1) is 0 Å². The normalized spacial score (nSPS) is 17.4. The zero-order chi connectivity index (χ0) is 12.5. The van der Waals surface area contributed by atoms with E-state index in [4.69, 9.17) is 4.74 Å². The number of carbonyl (C=O) groups excluding carboxylic acids is 1. The molecular weight excluding hydrogens is 214 g/mol. The molecule has 0 aliphatic heterocycles. The van der Waals surface area contributed by atoms with Crippen molar-refractivity contribution in [2.75, 3.05) is 13.2 Å². The summed E-state index contributed by atoms with van der Waals surface area (Å²) in [4.78, 5) is 11.7. The number of ether oxygens (including phenoxy) is 1. The number of hydrogen-bond donors (Lipinski definition) is 1. The number of amides is 1. The lowest BCUT2D eigenvalue weighted by atomic mass is 9.87. The Morgan fingerprint density at radius 1 is 1.29 bits per heavy atom. The summed E-state index contributed by atoms with van der Waals surface area (Å²) in [5.41, 5.74) is 0. The molecule has 0 bridgehead atoms. The first-order chi connectivity index (χ1) is 8.18. The average molecular weight is 241 g/mol. The van der Waals surface area contributed by atoms with Crippen molar-refractivity contribution in [3.05, 3.63) is 0 Å². The van der Waals surface area contributed by atoms with Gasteiger partial charge in [-0.3, -0.25) is 4.79 Å². The minimum Gasteiger partial charge on any atom is -0.379 e. The van der Waals surface area contributed by atoms with Crippen LogP contribution in [-0.4, -0.2) is 25.2 Å². The van der Waals surface area contributed by atoms with Gasteiger partial charge in [-0.1, -0.05) is 19.3 Å². The van der Waals surface area contributed by atoms with Gasteiger partial charge in [-0.05, 0) is 39.0 Å². The minimum atomic E-state index is 0.224. The topological polar surface area (TPSA) is 38.3 Å². The van der Waals surface area contributed by atoms with E-state index in [0.717, 1.165) is 26.0 Å². The lowest BCUT2D eigenvalue weighted by molar-refractivity contribution is -0.122. The van der Waals surface area contributed by atoms with Gasteiger partial charge in [-0.2, -0.15) is 0 Å². The van der Waals surface area contributed by atoms with Crippen molar-refractivity contribution >= 4 is 5.91 Å². The van der Waals surface area contributed by atoms with Gasteiger partial charge in [0.05, 0.1) is 6.10 Å². The molecule has 100 valence electrons. The molecule has 0 spiro atoms. The Kier molecular flexibility index (Phi) is 7.25. The molecule has 1 fully saturated rings. The van der Waals surface area contributed by atoms with E-state index in [1.54, 1.807) is 0 Å². The van der Waals surface area contributed by atoms with Crippen LogP contribution in [0.3, 0.4) is 0 Å². The van der Waals surface area contributed by atoms with Crippen LogP contribution in [0.4, 0.5) is 0 Å². The van der Waals surface area contributed by atoms with Crippen LogP contribution in [0, 0.1) is 5.92 Å². The van der Waals surface area contributed by atoms with Crippen molar-refractivity contribution in [3.8, 4) is 0 Å². The molecule has 3 heteroatoms. The zero-order valence-corrected chi connectivity index (χ0v) is 11.3. The summed E-state index contributed by atoms with van der Waals surface area (Å²) in [5.74, 6) is 0.858. The van der Waals surface area contributed by atoms with E-state index in [1.807, 2.05) is 13.8 Å². The van der Waals surface area contributed by atoms with E-state index in [2.05, 4.69) is 5.32 Å². The summed E-state index contributed by atoms with van der Waals surface area (Å²) in [7, 11) is 0. The molecule has 0 aromatic carbocycles. The van der Waals surface area contributed by atoms with Gasteiger partial charge in [0, 0.05) is 19.6 Å². The molecule has 3 nitrogen and oxygen atoms in total. The highest BCUT2D eigenvalue weighted by molar-refractivity contribution is 5.76. The lowest BCUT2D eigenvalue weighted by Crippen LogP contribution is -2.28. The van der Waals surface area contributed by atoms with Crippen LogP contribution in [0.25, 0.3) is 0 Å². The first kappa shape index (κ1) is 14.5. The summed E-state index contributed by atoms with van der Waals surface area (Å²) >= 11 is 0. The average Bonchev–Trinajstić information content (AvgIpc) is 2.29. The molecule has 0 aromatic heterocycles. The smallest absolute Gasteiger partial charge is 0.220 e. The van der Waals surface area contributed by atoms with Crippen LogP contribution in [-0.2, 0) is 9.53 Å². The summed E-state index contributed by atoms with van der Waals surface area (Å²) in [6.07, 6.45) is 8.37. The SMILES string of the molecule is CC(C)OCCCNC(=O)CC1CCCCC1. The third-order valence-corrected chi connectivity index (χ3v) is 3.29. The molecule has 17 heavy (non-hydrogen) atoms. The van der Waals surface area contributed by atoms with Crippen LogP contribution in [0.1, 0.15) is 58.8 Å². The van der Waals surface area contributed by atoms with Crippen molar-refractivity contribution in [1.82, 2.24) is 5.32 Å². The standard InChI is InChI=1S/C14H27NO2/c1-12(2)17-10-6-9-15-14(16)11-13-7-4-3-5-8-13/h12-13H,3-11H2,1-2H3,(H,15,16). The molecule has 0 aromatic rings. The van der Waals surface area contributed by atoms with Gasteiger partial charge < -0.3 is 10.1 Å². The van der Waals surface area contributed by atoms with Crippen molar-refractivity contribution in [2.45, 2.75) is 64.9 Å². The predicted molar refractivity (Wildman–Crippen MR) is 69.9 cm³/mol. The van der Waals surface area contributed by atoms with Crippen molar-refractivity contribution in [3.63, 3.8) is 0 Å². The van der Waals surface area contributed by atoms with Crippen LogP contribution < -0.4 is 5.32 Å². The quantitative estimate of drug-likeness (QED) is 0.696. The molecule has 1 aliphatic carbocycles. The van der Waals surface area contributed by atoms with Gasteiger partial charge in [0.1, 0.15) is 0 Å². The Morgan fingerprint density at radius 2 is 2.00 bits per heavy atom. The summed E-state index contributed by atoms with van der Waals surface area (Å²) in [5, 5.41) is 2.98. The molecule has 0 radical (unpaired) electrons. The molecule has 0 unspecified atom stereocenters. The van der Waals surface area contributed by atoms with E-state index in [1.165, 1.54) is 32.1 Å². The maximum atomic E-state index is 11.7. The van der Waals surface area contributed by atoms with Crippen molar-refractivity contribution in [2.24, 2.45) is 5.92 Å². The van der Waals surface area contributed by atoms with Crippen LogP contribution >= 0.6 is 0 Å². The van der Waals surface area contributed by atoms with E-state index >= 15 is 0 Å². The fraction of sp³-hybridized carbons (Fsp3) is 0.929. The van der Waals surface area contributed by atoms with Crippen LogP contribution in [0.2, 0.25) is 0 Å². The Morgan fingerprint density at radius 3 is 2.65 bits per heavy atom.